The predicted octanol–water partition coefficient (Wildman–Crippen LogP) is 2.14. The molecule has 0 bridgehead atoms. The van der Waals surface area contributed by atoms with Crippen LogP contribution in [0.3, 0.4) is 0 Å². The number of rotatable bonds is 0. The van der Waals surface area contributed by atoms with Crippen LogP contribution in [0.2, 0.25) is 0 Å². The highest BCUT2D eigenvalue weighted by molar-refractivity contribution is 7.80. The molecular formula is C7H7F2NS. The maximum absolute atomic E-state index is 12.8. The molecule has 0 amide bonds. The largest absolute Gasteiger partial charge is 0.395 e. The van der Waals surface area contributed by atoms with Crippen LogP contribution in [0, 0.1) is 18.6 Å². The van der Waals surface area contributed by atoms with Gasteiger partial charge in [0.2, 0.25) is 0 Å². The molecule has 0 atom stereocenters. The Balaban J connectivity index is 3.46. The number of halogens is 2. The van der Waals surface area contributed by atoms with Gasteiger partial charge in [0, 0.05) is 0 Å². The number of nitrogens with two attached hydrogens (primary N) is 1. The molecule has 0 saturated heterocycles. The topological polar surface area (TPSA) is 26.0 Å². The van der Waals surface area contributed by atoms with Gasteiger partial charge in [0.1, 0.15) is 11.6 Å². The molecule has 1 nitrogen and oxygen atoms in total. The van der Waals surface area contributed by atoms with Crippen molar-refractivity contribution in [2.24, 2.45) is 0 Å². The number of anilines is 1. The lowest BCUT2D eigenvalue weighted by atomic mass is 10.2. The third-order valence-corrected chi connectivity index (χ3v) is 1.85. The van der Waals surface area contributed by atoms with E-state index in [9.17, 15) is 8.78 Å². The summed E-state index contributed by atoms with van der Waals surface area (Å²) in [5.74, 6) is -1.19. The summed E-state index contributed by atoms with van der Waals surface area (Å²) in [4.78, 5) is -0.123. The fraction of sp³-hybridized carbons (Fsp3) is 0.143. The van der Waals surface area contributed by atoms with Crippen molar-refractivity contribution in [1.29, 1.82) is 0 Å². The fourth-order valence-electron chi connectivity index (χ4n) is 0.749. The van der Waals surface area contributed by atoms with Crippen molar-refractivity contribution < 1.29 is 8.78 Å². The Labute approximate surface area is 68.6 Å². The van der Waals surface area contributed by atoms with Gasteiger partial charge in [-0.3, -0.25) is 0 Å². The van der Waals surface area contributed by atoms with Gasteiger partial charge in [0.15, 0.2) is 0 Å². The highest BCUT2D eigenvalue weighted by Crippen LogP contribution is 2.25. The van der Waals surface area contributed by atoms with E-state index in [1.807, 2.05) is 0 Å². The minimum Gasteiger partial charge on any atom is -0.395 e. The SMILES string of the molecule is Cc1cc(F)c(N)c(S)c1F. The summed E-state index contributed by atoms with van der Waals surface area (Å²) in [6.45, 7) is 1.46. The van der Waals surface area contributed by atoms with Crippen LogP contribution in [0.5, 0.6) is 0 Å². The maximum atomic E-state index is 12.8. The van der Waals surface area contributed by atoms with E-state index in [0.29, 0.717) is 0 Å². The Morgan fingerprint density at radius 1 is 1.45 bits per heavy atom. The Kier molecular flexibility index (Phi) is 2.04. The van der Waals surface area contributed by atoms with Crippen LogP contribution in [0.25, 0.3) is 0 Å². The summed E-state index contributed by atoms with van der Waals surface area (Å²) in [6, 6.07) is 1.05. The second-order valence-corrected chi connectivity index (χ2v) is 2.70. The van der Waals surface area contributed by atoms with E-state index in [1.165, 1.54) is 6.92 Å². The van der Waals surface area contributed by atoms with Crippen molar-refractivity contribution in [3.63, 3.8) is 0 Å². The minimum atomic E-state index is -0.631. The average Bonchev–Trinajstić information content (AvgIpc) is 1.97. The molecule has 0 heterocycles. The molecule has 1 aromatic carbocycles. The van der Waals surface area contributed by atoms with Crippen molar-refractivity contribution in [3.05, 3.63) is 23.3 Å². The summed E-state index contributed by atoms with van der Waals surface area (Å²) in [5, 5.41) is 0. The van der Waals surface area contributed by atoms with Crippen molar-refractivity contribution in [1.82, 2.24) is 0 Å². The van der Waals surface area contributed by atoms with Crippen LogP contribution in [-0.4, -0.2) is 0 Å². The van der Waals surface area contributed by atoms with E-state index in [0.717, 1.165) is 6.07 Å². The Morgan fingerprint density at radius 2 is 2.00 bits per heavy atom. The van der Waals surface area contributed by atoms with Crippen LogP contribution >= 0.6 is 12.6 Å². The number of nitrogen functional groups attached to an aromatic ring is 1. The lowest BCUT2D eigenvalue weighted by Gasteiger charge is -2.04. The molecule has 11 heavy (non-hydrogen) atoms. The number of hydrogen-bond acceptors (Lipinski definition) is 2. The molecule has 60 valence electrons. The zero-order chi connectivity index (χ0) is 8.59. The molecule has 0 unspecified atom stereocenters. The van der Waals surface area contributed by atoms with Crippen LogP contribution < -0.4 is 5.73 Å². The molecular weight excluding hydrogens is 168 g/mol. The molecule has 0 saturated carbocycles. The first kappa shape index (κ1) is 8.33. The van der Waals surface area contributed by atoms with Gasteiger partial charge in [0.05, 0.1) is 10.6 Å². The lowest BCUT2D eigenvalue weighted by molar-refractivity contribution is 0.573. The van der Waals surface area contributed by atoms with Crippen LogP contribution in [-0.2, 0) is 0 Å². The van der Waals surface area contributed by atoms with Gasteiger partial charge >= 0.3 is 0 Å². The first-order valence-corrected chi connectivity index (χ1v) is 3.41. The van der Waals surface area contributed by atoms with Crippen molar-refractivity contribution in [3.8, 4) is 0 Å². The number of hydrogen-bond donors (Lipinski definition) is 2. The average molecular weight is 175 g/mol. The third kappa shape index (κ3) is 1.30. The highest BCUT2D eigenvalue weighted by Gasteiger charge is 2.10. The fourth-order valence-corrected chi connectivity index (χ4v) is 1.03. The Bertz CT molecular complexity index is 273. The van der Waals surface area contributed by atoms with E-state index >= 15 is 0 Å². The van der Waals surface area contributed by atoms with Crippen LogP contribution in [0.15, 0.2) is 11.0 Å². The number of benzene rings is 1. The summed E-state index contributed by atoms with van der Waals surface area (Å²) in [5.41, 5.74) is 5.13. The molecule has 0 aliphatic carbocycles. The van der Waals surface area contributed by atoms with E-state index in [4.69, 9.17) is 5.73 Å². The summed E-state index contributed by atoms with van der Waals surface area (Å²) in [6.07, 6.45) is 0. The molecule has 0 aliphatic rings. The zero-order valence-electron chi connectivity index (χ0n) is 5.86. The van der Waals surface area contributed by atoms with Gasteiger partial charge in [0.25, 0.3) is 0 Å². The normalized spacial score (nSPS) is 10.2. The van der Waals surface area contributed by atoms with Crippen molar-refractivity contribution >= 4 is 18.3 Å². The molecule has 1 rings (SSSR count). The second kappa shape index (κ2) is 2.70. The lowest BCUT2D eigenvalue weighted by Crippen LogP contribution is -1.97. The van der Waals surface area contributed by atoms with Gasteiger partial charge in [-0.05, 0) is 18.6 Å². The van der Waals surface area contributed by atoms with Gasteiger partial charge in [-0.25, -0.2) is 8.78 Å². The molecule has 4 heteroatoms. The summed E-state index contributed by atoms with van der Waals surface area (Å²) in [7, 11) is 0. The molecule has 0 aromatic heterocycles. The third-order valence-electron chi connectivity index (χ3n) is 1.41. The highest BCUT2D eigenvalue weighted by atomic mass is 32.1. The minimum absolute atomic E-state index is 0.123. The predicted molar refractivity (Wildman–Crippen MR) is 42.8 cm³/mol. The van der Waals surface area contributed by atoms with Crippen LogP contribution in [0.1, 0.15) is 5.56 Å². The number of aryl methyl sites for hydroxylation is 1. The van der Waals surface area contributed by atoms with E-state index in [2.05, 4.69) is 12.6 Å². The summed E-state index contributed by atoms with van der Waals surface area (Å²) < 4.78 is 25.5. The van der Waals surface area contributed by atoms with Crippen molar-refractivity contribution in [2.45, 2.75) is 11.8 Å². The molecule has 0 aliphatic heterocycles. The quantitative estimate of drug-likeness (QED) is 0.458. The van der Waals surface area contributed by atoms with Crippen LogP contribution in [0.4, 0.5) is 14.5 Å². The number of thiol groups is 1. The molecule has 0 fully saturated rings. The van der Waals surface area contributed by atoms with E-state index in [-0.39, 0.29) is 16.1 Å². The van der Waals surface area contributed by atoms with E-state index in [1.54, 1.807) is 0 Å². The smallest absolute Gasteiger partial charge is 0.147 e. The standard InChI is InChI=1S/C7H7F2NS/c1-3-2-4(8)6(10)7(11)5(3)9/h2,11H,10H2,1H3. The zero-order valence-corrected chi connectivity index (χ0v) is 6.75. The Hall–Kier alpha value is -0.770. The van der Waals surface area contributed by atoms with Gasteiger partial charge in [-0.1, -0.05) is 0 Å². The first-order chi connectivity index (χ1) is 5.04. The van der Waals surface area contributed by atoms with Gasteiger partial charge in [-0.15, -0.1) is 12.6 Å². The van der Waals surface area contributed by atoms with Crippen molar-refractivity contribution in [2.75, 3.05) is 5.73 Å². The van der Waals surface area contributed by atoms with Gasteiger partial charge in [-0.2, -0.15) is 0 Å². The Morgan fingerprint density at radius 3 is 2.55 bits per heavy atom. The van der Waals surface area contributed by atoms with Gasteiger partial charge < -0.3 is 5.73 Å². The molecule has 0 spiro atoms. The molecule has 2 N–H and O–H groups in total. The van der Waals surface area contributed by atoms with E-state index < -0.39 is 11.6 Å². The monoisotopic (exact) mass is 175 g/mol. The summed E-state index contributed by atoms with van der Waals surface area (Å²) >= 11 is 3.71. The second-order valence-electron chi connectivity index (χ2n) is 2.25. The first-order valence-electron chi connectivity index (χ1n) is 2.97. The maximum Gasteiger partial charge on any atom is 0.147 e. The molecule has 0 radical (unpaired) electrons. The molecule has 1 aromatic rings.